The molecule has 2 aromatic carbocycles. The molecule has 208 valence electrons. The quantitative estimate of drug-likeness (QED) is 0.441. The maximum atomic E-state index is 13.6. The van der Waals surface area contributed by atoms with Crippen molar-refractivity contribution in [2.75, 3.05) is 46.4 Å². The third-order valence-electron chi connectivity index (χ3n) is 6.84. The van der Waals surface area contributed by atoms with Crippen LogP contribution in [-0.4, -0.2) is 97.0 Å². The molecule has 2 aliphatic heterocycles. The van der Waals surface area contributed by atoms with E-state index in [1.165, 1.54) is 12.1 Å². The summed E-state index contributed by atoms with van der Waals surface area (Å²) < 4.78 is 5.79. The number of hydrogen-bond acceptors (Lipinski definition) is 7. The van der Waals surface area contributed by atoms with E-state index in [0.717, 1.165) is 18.5 Å². The molecule has 0 spiro atoms. The van der Waals surface area contributed by atoms with Crippen LogP contribution in [0.3, 0.4) is 0 Å². The first kappa shape index (κ1) is 27.9. The van der Waals surface area contributed by atoms with Gasteiger partial charge in [0.15, 0.2) is 0 Å². The number of carbonyl (C=O) groups excluding carboxylic acids is 4. The Balaban J connectivity index is 1.60. The normalized spacial score (nSPS) is 21.8. The lowest BCUT2D eigenvalue weighted by Gasteiger charge is -2.28. The number of likely N-dealkylation sites (N-methyl/N-ethyl adjacent to an activating group) is 1. The van der Waals surface area contributed by atoms with Gasteiger partial charge in [-0.2, -0.15) is 0 Å². The molecule has 2 aliphatic rings. The van der Waals surface area contributed by atoms with Crippen LogP contribution in [0.4, 0.5) is 0 Å². The van der Waals surface area contributed by atoms with E-state index in [4.69, 9.17) is 4.74 Å². The van der Waals surface area contributed by atoms with Crippen molar-refractivity contribution < 1.29 is 29.0 Å². The van der Waals surface area contributed by atoms with Crippen LogP contribution in [-0.2, 0) is 20.8 Å². The number of para-hydroxylation sites is 1. The lowest BCUT2D eigenvalue weighted by molar-refractivity contribution is -0.136. The van der Waals surface area contributed by atoms with Crippen molar-refractivity contribution in [1.29, 1.82) is 0 Å². The Bertz CT molecular complexity index is 1190. The first-order valence-electron chi connectivity index (χ1n) is 13.1. The number of carbonyl (C=O) groups is 4. The van der Waals surface area contributed by atoms with Gasteiger partial charge in [-0.15, -0.1) is 0 Å². The van der Waals surface area contributed by atoms with Crippen molar-refractivity contribution in [3.8, 4) is 11.5 Å². The Kier molecular flexibility index (Phi) is 9.37. The second kappa shape index (κ2) is 13.1. The summed E-state index contributed by atoms with van der Waals surface area (Å²) >= 11 is 0. The van der Waals surface area contributed by atoms with Crippen LogP contribution >= 0.6 is 0 Å². The number of fused-ring (bicyclic) bond motifs is 1. The predicted molar refractivity (Wildman–Crippen MR) is 143 cm³/mol. The molecule has 1 saturated heterocycles. The molecule has 11 heteroatoms. The molecule has 0 saturated carbocycles. The molecule has 39 heavy (non-hydrogen) atoms. The molecule has 0 radical (unpaired) electrons. The molecular weight excluding hydrogens is 502 g/mol. The van der Waals surface area contributed by atoms with Gasteiger partial charge in [0.1, 0.15) is 30.2 Å². The lowest BCUT2D eigenvalue weighted by Crippen LogP contribution is -2.54. The zero-order valence-corrected chi connectivity index (χ0v) is 22.0. The summed E-state index contributed by atoms with van der Waals surface area (Å²) in [5.41, 5.74) is 0.967. The van der Waals surface area contributed by atoms with E-state index in [1.807, 2.05) is 7.05 Å². The van der Waals surface area contributed by atoms with Crippen molar-refractivity contribution in [2.24, 2.45) is 0 Å². The van der Waals surface area contributed by atoms with Crippen LogP contribution in [0.5, 0.6) is 11.5 Å². The van der Waals surface area contributed by atoms with E-state index in [0.29, 0.717) is 25.4 Å². The number of rotatable bonds is 3. The van der Waals surface area contributed by atoms with Crippen LogP contribution in [0.2, 0.25) is 0 Å². The summed E-state index contributed by atoms with van der Waals surface area (Å²) in [6.45, 7) is 2.78. The monoisotopic (exact) mass is 537 g/mol. The van der Waals surface area contributed by atoms with Crippen molar-refractivity contribution in [3.63, 3.8) is 0 Å². The fourth-order valence-corrected chi connectivity index (χ4v) is 4.68. The summed E-state index contributed by atoms with van der Waals surface area (Å²) in [5.74, 6) is -1.42. The van der Waals surface area contributed by atoms with Crippen LogP contribution < -0.4 is 20.7 Å². The fraction of sp³-hybridized carbons (Fsp3) is 0.429. The second-order valence-corrected chi connectivity index (χ2v) is 9.84. The highest BCUT2D eigenvalue weighted by atomic mass is 16.5. The highest BCUT2D eigenvalue weighted by molar-refractivity contribution is 6.01. The van der Waals surface area contributed by atoms with E-state index < -0.39 is 29.8 Å². The van der Waals surface area contributed by atoms with E-state index in [9.17, 15) is 24.3 Å². The number of aromatic hydroxyl groups is 1. The Morgan fingerprint density at radius 1 is 1.00 bits per heavy atom. The number of amides is 4. The number of nitrogens with one attached hydrogen (secondary N) is 3. The number of benzene rings is 2. The van der Waals surface area contributed by atoms with Gasteiger partial charge in [0.05, 0.1) is 18.5 Å². The average Bonchev–Trinajstić information content (AvgIpc) is 3.15. The van der Waals surface area contributed by atoms with Gasteiger partial charge in [-0.25, -0.2) is 0 Å². The topological polar surface area (TPSA) is 140 Å². The van der Waals surface area contributed by atoms with Gasteiger partial charge in [-0.05, 0) is 49.8 Å². The van der Waals surface area contributed by atoms with Crippen LogP contribution in [0.15, 0.2) is 48.5 Å². The summed E-state index contributed by atoms with van der Waals surface area (Å²) in [5, 5.41) is 17.9. The minimum absolute atomic E-state index is 0.0903. The lowest BCUT2D eigenvalue weighted by atomic mass is 10.0. The number of phenolic OH excluding ortho intramolecular Hbond substituents is 1. The average molecular weight is 538 g/mol. The molecule has 0 aromatic heterocycles. The molecule has 4 N–H and O–H groups in total. The molecule has 0 unspecified atom stereocenters. The standard InChI is InChI=1S/C28H35N5O6/c1-32-12-4-13-33(15-14-32)28(38)23-18-25(35)30-22(17-19-7-9-20(34)10-8-19)27(37)29-11-16-39-24-6-3-2-5-21(24)26(36)31-23/h2-3,5-10,22-23,34H,4,11-18H2,1H3,(H,29,37)(H,30,35)(H,31,36)/t22-,23-/m0/s1. The highest BCUT2D eigenvalue weighted by Crippen LogP contribution is 2.19. The molecule has 0 aliphatic carbocycles. The first-order chi connectivity index (χ1) is 18.8. The van der Waals surface area contributed by atoms with Gasteiger partial charge in [0, 0.05) is 26.1 Å². The Hall–Kier alpha value is -4.12. The SMILES string of the molecule is CN1CCCN(C(=O)[C@@H]2CC(=O)N[C@@H](Cc3ccc(O)cc3)C(=O)NCCOc3ccccc3C(=O)N2)CC1. The Morgan fingerprint density at radius 2 is 1.77 bits per heavy atom. The zero-order chi connectivity index (χ0) is 27.8. The van der Waals surface area contributed by atoms with Gasteiger partial charge < -0.3 is 35.6 Å². The van der Waals surface area contributed by atoms with Crippen LogP contribution in [0.1, 0.15) is 28.8 Å². The molecule has 2 atom stereocenters. The van der Waals surface area contributed by atoms with E-state index in [2.05, 4.69) is 20.9 Å². The number of phenols is 1. The molecule has 1 fully saturated rings. The summed E-state index contributed by atoms with van der Waals surface area (Å²) in [6, 6.07) is 10.9. The van der Waals surface area contributed by atoms with Crippen LogP contribution in [0, 0.1) is 0 Å². The minimum atomic E-state index is -1.13. The van der Waals surface area contributed by atoms with Gasteiger partial charge in [0.2, 0.25) is 17.7 Å². The largest absolute Gasteiger partial charge is 0.508 e. The van der Waals surface area contributed by atoms with Crippen molar-refractivity contribution in [2.45, 2.75) is 31.3 Å². The molecule has 2 aromatic rings. The third kappa shape index (κ3) is 7.70. The number of ether oxygens (including phenoxy) is 1. The van der Waals surface area contributed by atoms with Crippen molar-refractivity contribution in [3.05, 3.63) is 59.7 Å². The Labute approximate surface area is 227 Å². The zero-order valence-electron chi connectivity index (χ0n) is 22.0. The van der Waals surface area contributed by atoms with Gasteiger partial charge in [0.25, 0.3) is 5.91 Å². The number of hydrogen-bond donors (Lipinski definition) is 4. The summed E-state index contributed by atoms with van der Waals surface area (Å²) in [6.07, 6.45) is 0.616. The second-order valence-electron chi connectivity index (χ2n) is 9.84. The third-order valence-corrected chi connectivity index (χ3v) is 6.84. The fourth-order valence-electron chi connectivity index (χ4n) is 4.68. The molecule has 4 rings (SSSR count). The van der Waals surface area contributed by atoms with E-state index in [-0.39, 0.29) is 43.2 Å². The summed E-state index contributed by atoms with van der Waals surface area (Å²) in [7, 11) is 1.99. The molecule has 4 amide bonds. The highest BCUT2D eigenvalue weighted by Gasteiger charge is 2.32. The molecule has 2 heterocycles. The smallest absolute Gasteiger partial charge is 0.255 e. The summed E-state index contributed by atoms with van der Waals surface area (Å²) in [4.78, 5) is 57.0. The van der Waals surface area contributed by atoms with Crippen molar-refractivity contribution in [1.82, 2.24) is 25.8 Å². The first-order valence-corrected chi connectivity index (χ1v) is 13.1. The predicted octanol–water partition coefficient (Wildman–Crippen LogP) is 0.281. The van der Waals surface area contributed by atoms with Gasteiger partial charge in [-0.3, -0.25) is 19.2 Å². The molecule has 0 bridgehead atoms. The van der Waals surface area contributed by atoms with Gasteiger partial charge >= 0.3 is 0 Å². The van der Waals surface area contributed by atoms with Gasteiger partial charge in [-0.1, -0.05) is 24.3 Å². The molecule has 11 nitrogen and oxygen atoms in total. The maximum Gasteiger partial charge on any atom is 0.255 e. The Morgan fingerprint density at radius 3 is 2.56 bits per heavy atom. The maximum absolute atomic E-state index is 13.6. The van der Waals surface area contributed by atoms with E-state index >= 15 is 0 Å². The minimum Gasteiger partial charge on any atom is -0.508 e. The van der Waals surface area contributed by atoms with Crippen molar-refractivity contribution >= 4 is 23.6 Å². The molecular formula is C28H35N5O6. The number of nitrogens with zero attached hydrogens (tertiary/aromatic N) is 2. The van der Waals surface area contributed by atoms with Crippen LogP contribution in [0.25, 0.3) is 0 Å². The van der Waals surface area contributed by atoms with E-state index in [1.54, 1.807) is 41.3 Å².